The molecule has 0 radical (unpaired) electrons. The van der Waals surface area contributed by atoms with Gasteiger partial charge in [0.2, 0.25) is 0 Å². The van der Waals surface area contributed by atoms with E-state index in [1.54, 1.807) is 6.20 Å². The van der Waals surface area contributed by atoms with E-state index in [4.69, 9.17) is 4.98 Å². The molecule has 4 aromatic heterocycles. The van der Waals surface area contributed by atoms with E-state index in [1.807, 2.05) is 35.2 Å². The molecule has 5 rings (SSSR count). The van der Waals surface area contributed by atoms with E-state index in [9.17, 15) is 0 Å². The maximum atomic E-state index is 4.78. The van der Waals surface area contributed by atoms with Crippen LogP contribution in [0, 0.1) is 0 Å². The number of anilines is 1. The van der Waals surface area contributed by atoms with E-state index in [2.05, 4.69) is 38.2 Å². The number of nitrogens with zero attached hydrogens (tertiary/aromatic N) is 6. The van der Waals surface area contributed by atoms with E-state index < -0.39 is 0 Å². The molecule has 4 aromatic rings. The molecule has 1 saturated heterocycles. The summed E-state index contributed by atoms with van der Waals surface area (Å²) in [5, 5.41) is 5.40. The number of aromatic nitrogens is 5. The molecular formula is C19H18N6. The average Bonchev–Trinajstić information content (AvgIpc) is 3.17. The number of hydrogen-bond donors (Lipinski definition) is 0. The van der Waals surface area contributed by atoms with Gasteiger partial charge in [-0.3, -0.25) is 0 Å². The van der Waals surface area contributed by atoms with E-state index in [0.717, 1.165) is 54.0 Å². The highest BCUT2D eigenvalue weighted by Gasteiger charge is 2.24. The first-order valence-electron chi connectivity index (χ1n) is 8.63. The summed E-state index contributed by atoms with van der Waals surface area (Å²) >= 11 is 0. The first-order chi connectivity index (χ1) is 12.4. The summed E-state index contributed by atoms with van der Waals surface area (Å²) in [7, 11) is 0. The molecule has 6 nitrogen and oxygen atoms in total. The number of piperidine rings is 1. The number of hydrogen-bond acceptors (Lipinski definition) is 5. The summed E-state index contributed by atoms with van der Waals surface area (Å²) in [5.74, 6) is 1.50. The van der Waals surface area contributed by atoms with E-state index >= 15 is 0 Å². The van der Waals surface area contributed by atoms with E-state index in [-0.39, 0.29) is 0 Å². The third kappa shape index (κ3) is 2.50. The molecule has 25 heavy (non-hydrogen) atoms. The second-order valence-electron chi connectivity index (χ2n) is 6.46. The first kappa shape index (κ1) is 14.3. The van der Waals surface area contributed by atoms with Gasteiger partial charge in [0.1, 0.15) is 5.52 Å². The Labute approximate surface area is 145 Å². The lowest BCUT2D eigenvalue weighted by Crippen LogP contribution is -2.34. The molecule has 0 aromatic carbocycles. The van der Waals surface area contributed by atoms with E-state index in [0.29, 0.717) is 5.92 Å². The van der Waals surface area contributed by atoms with Crippen molar-refractivity contribution in [1.29, 1.82) is 0 Å². The Morgan fingerprint density at radius 1 is 0.920 bits per heavy atom. The lowest BCUT2D eigenvalue weighted by atomic mass is 9.93. The van der Waals surface area contributed by atoms with Gasteiger partial charge in [-0.1, -0.05) is 0 Å². The monoisotopic (exact) mass is 330 g/mol. The lowest BCUT2D eigenvalue weighted by molar-refractivity contribution is 0.495. The lowest BCUT2D eigenvalue weighted by Gasteiger charge is -2.32. The van der Waals surface area contributed by atoms with Crippen LogP contribution in [0.3, 0.4) is 0 Å². The topological polar surface area (TPSA) is 59.2 Å². The van der Waals surface area contributed by atoms with Gasteiger partial charge in [0.25, 0.3) is 0 Å². The molecule has 1 aliphatic rings. The van der Waals surface area contributed by atoms with Gasteiger partial charge in [0, 0.05) is 48.7 Å². The summed E-state index contributed by atoms with van der Waals surface area (Å²) in [6.07, 6.45) is 9.47. The van der Waals surface area contributed by atoms with Crippen LogP contribution < -0.4 is 4.90 Å². The smallest absolute Gasteiger partial charge is 0.159 e. The zero-order valence-corrected chi connectivity index (χ0v) is 13.8. The van der Waals surface area contributed by atoms with Gasteiger partial charge in [-0.15, -0.1) is 0 Å². The van der Waals surface area contributed by atoms with Crippen molar-refractivity contribution >= 4 is 22.4 Å². The fourth-order valence-electron chi connectivity index (χ4n) is 3.67. The summed E-state index contributed by atoms with van der Waals surface area (Å²) in [5.41, 5.74) is 3.06. The number of fused-ring (bicyclic) bond motifs is 2. The Morgan fingerprint density at radius 2 is 1.84 bits per heavy atom. The average molecular weight is 330 g/mol. The minimum absolute atomic E-state index is 0.479. The summed E-state index contributed by atoms with van der Waals surface area (Å²) in [6, 6.07) is 10.3. The van der Waals surface area contributed by atoms with Crippen molar-refractivity contribution in [3.63, 3.8) is 0 Å². The highest BCUT2D eigenvalue weighted by molar-refractivity contribution is 5.74. The van der Waals surface area contributed by atoms with Gasteiger partial charge in [0.15, 0.2) is 11.5 Å². The van der Waals surface area contributed by atoms with Gasteiger partial charge < -0.3 is 4.90 Å². The maximum absolute atomic E-state index is 4.78. The van der Waals surface area contributed by atoms with Crippen LogP contribution in [-0.2, 0) is 0 Å². The number of pyridine rings is 2. The van der Waals surface area contributed by atoms with Crippen molar-refractivity contribution in [3.8, 4) is 0 Å². The normalized spacial score (nSPS) is 15.9. The predicted octanol–water partition coefficient (Wildman–Crippen LogP) is 3.06. The third-order valence-corrected chi connectivity index (χ3v) is 5.00. The summed E-state index contributed by atoms with van der Waals surface area (Å²) < 4.78 is 1.88. The van der Waals surface area contributed by atoms with Crippen molar-refractivity contribution in [2.24, 2.45) is 0 Å². The standard InChI is InChI=1S/C19H18N6/c1-2-15-3-4-16(23-18(15)20-8-1)14-6-11-24(12-7-14)19-17-5-9-22-25(17)13-10-21-19/h1-5,8-10,13-14H,6-7,11-12H2. The van der Waals surface area contributed by atoms with Gasteiger partial charge in [-0.25, -0.2) is 19.5 Å². The minimum Gasteiger partial charge on any atom is -0.355 e. The third-order valence-electron chi connectivity index (χ3n) is 5.00. The van der Waals surface area contributed by atoms with Crippen LogP contribution in [-0.4, -0.2) is 37.7 Å². The van der Waals surface area contributed by atoms with Crippen molar-refractivity contribution in [1.82, 2.24) is 24.6 Å². The second kappa shape index (κ2) is 5.81. The molecule has 6 heteroatoms. The molecule has 1 aliphatic heterocycles. The Bertz CT molecular complexity index is 1030. The summed E-state index contributed by atoms with van der Waals surface area (Å²) in [6.45, 7) is 1.95. The van der Waals surface area contributed by atoms with Crippen LogP contribution in [0.25, 0.3) is 16.6 Å². The van der Waals surface area contributed by atoms with Gasteiger partial charge in [-0.2, -0.15) is 5.10 Å². The van der Waals surface area contributed by atoms with E-state index in [1.165, 1.54) is 0 Å². The van der Waals surface area contributed by atoms with Crippen LogP contribution in [0.1, 0.15) is 24.5 Å². The van der Waals surface area contributed by atoms with Gasteiger partial charge in [-0.05, 0) is 43.2 Å². The molecule has 124 valence electrons. The van der Waals surface area contributed by atoms with Gasteiger partial charge in [0.05, 0.1) is 6.20 Å². The van der Waals surface area contributed by atoms with Crippen LogP contribution in [0.15, 0.2) is 55.1 Å². The largest absolute Gasteiger partial charge is 0.355 e. The molecule has 0 bridgehead atoms. The Balaban J connectivity index is 1.37. The zero-order chi connectivity index (χ0) is 16.6. The molecule has 0 N–H and O–H groups in total. The van der Waals surface area contributed by atoms with Gasteiger partial charge >= 0.3 is 0 Å². The number of rotatable bonds is 2. The van der Waals surface area contributed by atoms with Crippen LogP contribution in [0.5, 0.6) is 0 Å². The Morgan fingerprint density at radius 3 is 2.76 bits per heavy atom. The molecule has 0 spiro atoms. The minimum atomic E-state index is 0.479. The molecule has 0 saturated carbocycles. The van der Waals surface area contributed by atoms with Crippen molar-refractivity contribution in [2.75, 3.05) is 18.0 Å². The SMILES string of the molecule is c1cnc2nc(C3CCN(c4nccn5nccc45)CC3)ccc2c1. The fraction of sp³-hybridized carbons (Fsp3) is 0.263. The Hall–Kier alpha value is -3.02. The Kier molecular flexibility index (Phi) is 3.33. The fourth-order valence-corrected chi connectivity index (χ4v) is 3.67. The first-order valence-corrected chi connectivity index (χ1v) is 8.63. The predicted molar refractivity (Wildman–Crippen MR) is 96.7 cm³/mol. The zero-order valence-electron chi connectivity index (χ0n) is 13.8. The molecule has 0 aliphatic carbocycles. The van der Waals surface area contributed by atoms with Crippen molar-refractivity contribution in [3.05, 3.63) is 60.8 Å². The maximum Gasteiger partial charge on any atom is 0.159 e. The molecule has 5 heterocycles. The van der Waals surface area contributed by atoms with Crippen LogP contribution in [0.4, 0.5) is 5.82 Å². The quantitative estimate of drug-likeness (QED) is 0.565. The molecule has 0 unspecified atom stereocenters. The highest BCUT2D eigenvalue weighted by Crippen LogP contribution is 2.30. The highest BCUT2D eigenvalue weighted by atomic mass is 15.3. The second-order valence-corrected chi connectivity index (χ2v) is 6.46. The van der Waals surface area contributed by atoms with Crippen molar-refractivity contribution in [2.45, 2.75) is 18.8 Å². The molecule has 1 fully saturated rings. The van der Waals surface area contributed by atoms with Crippen molar-refractivity contribution < 1.29 is 0 Å². The molecule has 0 amide bonds. The van der Waals surface area contributed by atoms with Crippen LogP contribution >= 0.6 is 0 Å². The molecule has 0 atom stereocenters. The molecular weight excluding hydrogens is 312 g/mol. The summed E-state index contributed by atoms with van der Waals surface area (Å²) in [4.78, 5) is 16.1. The van der Waals surface area contributed by atoms with Crippen LogP contribution in [0.2, 0.25) is 0 Å².